The van der Waals surface area contributed by atoms with Gasteiger partial charge < -0.3 is 4.52 Å². The van der Waals surface area contributed by atoms with E-state index >= 15 is 0 Å². The molecule has 1 fully saturated rings. The first-order chi connectivity index (χ1) is 10.2. The molecule has 2 aromatic rings. The topological polar surface area (TPSA) is 42.2 Å². The van der Waals surface area contributed by atoms with Crippen LogP contribution in [0, 0.1) is 11.6 Å². The largest absolute Gasteiger partial charge is 0.338 e. The first kappa shape index (κ1) is 14.1. The van der Waals surface area contributed by atoms with Crippen molar-refractivity contribution in [1.82, 2.24) is 15.0 Å². The maximum absolute atomic E-state index is 13.2. The van der Waals surface area contributed by atoms with Crippen molar-refractivity contribution in [1.29, 1.82) is 0 Å². The Bertz CT molecular complexity index is 625. The minimum Gasteiger partial charge on any atom is -0.338 e. The van der Waals surface area contributed by atoms with Crippen LogP contribution >= 0.6 is 0 Å². The molecule has 1 aromatic carbocycles. The Balaban J connectivity index is 1.64. The van der Waals surface area contributed by atoms with E-state index in [-0.39, 0.29) is 0 Å². The number of benzene rings is 1. The van der Waals surface area contributed by atoms with Gasteiger partial charge in [-0.05, 0) is 37.1 Å². The van der Waals surface area contributed by atoms with E-state index in [1.807, 2.05) is 11.8 Å². The lowest BCUT2D eigenvalue weighted by Crippen LogP contribution is -2.22. The summed E-state index contributed by atoms with van der Waals surface area (Å²) >= 11 is 0. The van der Waals surface area contributed by atoms with Crippen molar-refractivity contribution in [3.8, 4) is 0 Å². The molecule has 0 spiro atoms. The average molecular weight is 293 g/mol. The number of hydrogen-bond donors (Lipinski definition) is 0. The van der Waals surface area contributed by atoms with E-state index in [4.69, 9.17) is 4.52 Å². The molecule has 0 saturated heterocycles. The molecule has 21 heavy (non-hydrogen) atoms. The van der Waals surface area contributed by atoms with Crippen LogP contribution in [0.25, 0.3) is 0 Å². The zero-order valence-electron chi connectivity index (χ0n) is 11.9. The van der Waals surface area contributed by atoms with Gasteiger partial charge in [-0.1, -0.05) is 18.1 Å². The van der Waals surface area contributed by atoms with E-state index < -0.39 is 11.6 Å². The van der Waals surface area contributed by atoms with Gasteiger partial charge in [-0.3, -0.25) is 4.90 Å². The van der Waals surface area contributed by atoms with Gasteiger partial charge in [0.15, 0.2) is 17.5 Å². The first-order valence-corrected chi connectivity index (χ1v) is 7.14. The SMILES string of the molecule is CCN(Cc1ccc(F)c(F)c1)Cc1nc(C2CC2)no1. The zero-order chi connectivity index (χ0) is 14.8. The van der Waals surface area contributed by atoms with Crippen LogP contribution < -0.4 is 0 Å². The van der Waals surface area contributed by atoms with Crippen LogP contribution in [0.15, 0.2) is 22.7 Å². The van der Waals surface area contributed by atoms with E-state index in [1.165, 1.54) is 6.07 Å². The number of halogens is 2. The van der Waals surface area contributed by atoms with Gasteiger partial charge in [0.2, 0.25) is 5.89 Å². The summed E-state index contributed by atoms with van der Waals surface area (Å²) < 4.78 is 31.4. The maximum Gasteiger partial charge on any atom is 0.240 e. The highest BCUT2D eigenvalue weighted by Gasteiger charge is 2.28. The van der Waals surface area contributed by atoms with Gasteiger partial charge in [0.25, 0.3) is 0 Å². The molecular formula is C15H17F2N3O. The van der Waals surface area contributed by atoms with Crippen molar-refractivity contribution in [3.63, 3.8) is 0 Å². The predicted molar refractivity (Wildman–Crippen MR) is 72.4 cm³/mol. The standard InChI is InChI=1S/C15H17F2N3O/c1-2-20(8-10-3-6-12(16)13(17)7-10)9-14-18-15(19-21-14)11-4-5-11/h3,6-7,11H,2,4-5,8-9H2,1H3. The summed E-state index contributed by atoms with van der Waals surface area (Å²) in [5.41, 5.74) is 0.720. The summed E-state index contributed by atoms with van der Waals surface area (Å²) in [5, 5.41) is 3.98. The van der Waals surface area contributed by atoms with E-state index in [0.717, 1.165) is 36.8 Å². The fourth-order valence-electron chi connectivity index (χ4n) is 2.21. The van der Waals surface area contributed by atoms with Crippen molar-refractivity contribution in [3.05, 3.63) is 47.1 Å². The summed E-state index contributed by atoms with van der Waals surface area (Å²) in [6, 6.07) is 3.96. The Kier molecular flexibility index (Phi) is 3.96. The second-order valence-corrected chi connectivity index (χ2v) is 5.37. The van der Waals surface area contributed by atoms with Crippen LogP contribution in [0.1, 0.15) is 43.0 Å². The van der Waals surface area contributed by atoms with Gasteiger partial charge in [-0.2, -0.15) is 4.98 Å². The highest BCUT2D eigenvalue weighted by Crippen LogP contribution is 2.38. The summed E-state index contributed by atoms with van der Waals surface area (Å²) in [5.74, 6) is 0.170. The molecule has 0 atom stereocenters. The molecule has 0 radical (unpaired) electrons. The van der Waals surface area contributed by atoms with Crippen molar-refractivity contribution >= 4 is 0 Å². The molecule has 0 amide bonds. The second kappa shape index (κ2) is 5.89. The fraction of sp³-hybridized carbons (Fsp3) is 0.467. The molecule has 112 valence electrons. The van der Waals surface area contributed by atoms with Gasteiger partial charge >= 0.3 is 0 Å². The number of hydrogen-bond acceptors (Lipinski definition) is 4. The molecule has 3 rings (SSSR count). The minimum atomic E-state index is -0.826. The predicted octanol–water partition coefficient (Wildman–Crippen LogP) is 3.25. The second-order valence-electron chi connectivity index (χ2n) is 5.37. The lowest BCUT2D eigenvalue weighted by Gasteiger charge is -2.18. The molecule has 1 saturated carbocycles. The molecular weight excluding hydrogens is 276 g/mol. The molecule has 1 heterocycles. The van der Waals surface area contributed by atoms with Crippen LogP contribution in [0.5, 0.6) is 0 Å². The third kappa shape index (κ3) is 3.44. The smallest absolute Gasteiger partial charge is 0.240 e. The summed E-state index contributed by atoms with van der Waals surface area (Å²) in [7, 11) is 0. The van der Waals surface area contributed by atoms with Crippen molar-refractivity contribution in [2.24, 2.45) is 0 Å². The number of rotatable bonds is 6. The highest BCUT2D eigenvalue weighted by molar-refractivity contribution is 5.17. The molecule has 0 N–H and O–H groups in total. The molecule has 0 bridgehead atoms. The van der Waals surface area contributed by atoms with Crippen LogP contribution in [0.2, 0.25) is 0 Å². The van der Waals surface area contributed by atoms with Gasteiger partial charge in [-0.15, -0.1) is 0 Å². The first-order valence-electron chi connectivity index (χ1n) is 7.14. The monoisotopic (exact) mass is 293 g/mol. The van der Waals surface area contributed by atoms with Crippen LogP contribution in [0.4, 0.5) is 8.78 Å². The van der Waals surface area contributed by atoms with E-state index in [0.29, 0.717) is 24.9 Å². The maximum atomic E-state index is 13.2. The van der Waals surface area contributed by atoms with Gasteiger partial charge in [0.05, 0.1) is 6.54 Å². The normalized spacial score (nSPS) is 14.9. The molecule has 0 aliphatic heterocycles. The summed E-state index contributed by atoms with van der Waals surface area (Å²) in [4.78, 5) is 6.42. The average Bonchev–Trinajstić information content (AvgIpc) is 3.22. The molecule has 1 aromatic heterocycles. The Morgan fingerprint density at radius 2 is 2.05 bits per heavy atom. The summed E-state index contributed by atoms with van der Waals surface area (Å²) in [6.45, 7) is 3.77. The van der Waals surface area contributed by atoms with Gasteiger partial charge in [0, 0.05) is 12.5 Å². The van der Waals surface area contributed by atoms with Crippen LogP contribution in [0.3, 0.4) is 0 Å². The molecule has 0 unspecified atom stereocenters. The van der Waals surface area contributed by atoms with Crippen LogP contribution in [-0.4, -0.2) is 21.6 Å². The summed E-state index contributed by atoms with van der Waals surface area (Å²) in [6.07, 6.45) is 2.26. The van der Waals surface area contributed by atoms with Crippen molar-refractivity contribution in [2.45, 2.75) is 38.8 Å². The third-order valence-electron chi connectivity index (χ3n) is 3.62. The Labute approximate surface area is 121 Å². The Hall–Kier alpha value is -1.82. The van der Waals surface area contributed by atoms with E-state index in [9.17, 15) is 8.78 Å². The van der Waals surface area contributed by atoms with Crippen LogP contribution in [-0.2, 0) is 13.1 Å². The molecule has 1 aliphatic carbocycles. The number of aromatic nitrogens is 2. The van der Waals surface area contributed by atoms with E-state index in [1.54, 1.807) is 6.07 Å². The zero-order valence-corrected chi connectivity index (χ0v) is 11.9. The molecule has 4 nitrogen and oxygen atoms in total. The van der Waals surface area contributed by atoms with Gasteiger partial charge in [0.1, 0.15) is 0 Å². The van der Waals surface area contributed by atoms with Crippen molar-refractivity contribution < 1.29 is 13.3 Å². The highest BCUT2D eigenvalue weighted by atomic mass is 19.2. The quantitative estimate of drug-likeness (QED) is 0.820. The minimum absolute atomic E-state index is 0.462. The third-order valence-corrected chi connectivity index (χ3v) is 3.62. The van der Waals surface area contributed by atoms with Crippen molar-refractivity contribution in [2.75, 3.05) is 6.54 Å². The Morgan fingerprint density at radius 3 is 2.71 bits per heavy atom. The lowest BCUT2D eigenvalue weighted by atomic mass is 10.2. The Morgan fingerprint density at radius 1 is 1.24 bits per heavy atom. The fourth-order valence-corrected chi connectivity index (χ4v) is 2.21. The van der Waals surface area contributed by atoms with Gasteiger partial charge in [-0.25, -0.2) is 8.78 Å². The molecule has 1 aliphatic rings. The number of nitrogens with zero attached hydrogens (tertiary/aromatic N) is 3. The molecule has 6 heteroatoms. The van der Waals surface area contributed by atoms with E-state index in [2.05, 4.69) is 10.1 Å². The lowest BCUT2D eigenvalue weighted by molar-refractivity contribution is 0.228.